The number of nitrogens with zero attached hydrogens (tertiary/aromatic N) is 1. The summed E-state index contributed by atoms with van der Waals surface area (Å²) in [6, 6.07) is 21.5. The van der Waals surface area contributed by atoms with Gasteiger partial charge in [0, 0.05) is 23.5 Å². The minimum atomic E-state index is 0.277. The van der Waals surface area contributed by atoms with Crippen LogP contribution in [0.25, 0.3) is 10.9 Å². The second-order valence-electron chi connectivity index (χ2n) is 5.42. The van der Waals surface area contributed by atoms with Crippen molar-refractivity contribution in [1.29, 1.82) is 0 Å². The van der Waals surface area contributed by atoms with Crippen LogP contribution < -0.4 is 5.32 Å². The van der Waals surface area contributed by atoms with Crippen LogP contribution in [0.15, 0.2) is 66.9 Å². The second-order valence-corrected chi connectivity index (χ2v) is 5.42. The van der Waals surface area contributed by atoms with Gasteiger partial charge in [-0.1, -0.05) is 55.5 Å². The van der Waals surface area contributed by atoms with Gasteiger partial charge >= 0.3 is 0 Å². The van der Waals surface area contributed by atoms with E-state index in [4.69, 9.17) is 0 Å². The molecule has 1 N–H and O–H groups in total. The maximum absolute atomic E-state index is 4.46. The van der Waals surface area contributed by atoms with E-state index in [9.17, 15) is 0 Å². The Hall–Kier alpha value is -2.19. The molecule has 3 aromatic rings. The van der Waals surface area contributed by atoms with Gasteiger partial charge in [-0.25, -0.2) is 0 Å². The van der Waals surface area contributed by atoms with Crippen LogP contribution in [0.1, 0.15) is 30.0 Å². The number of fused-ring (bicyclic) bond motifs is 1. The molecule has 0 radical (unpaired) electrons. The molecule has 2 heteroatoms. The number of rotatable bonds is 4. The van der Waals surface area contributed by atoms with Crippen LogP contribution in [0.2, 0.25) is 0 Å². The van der Waals surface area contributed by atoms with Crippen LogP contribution in [-0.4, -0.2) is 12.0 Å². The number of pyridine rings is 1. The Labute approximate surface area is 125 Å². The molecule has 21 heavy (non-hydrogen) atoms. The summed E-state index contributed by atoms with van der Waals surface area (Å²) in [7, 11) is 2.02. The second kappa shape index (κ2) is 6.06. The summed E-state index contributed by atoms with van der Waals surface area (Å²) >= 11 is 0. The summed E-state index contributed by atoms with van der Waals surface area (Å²) in [6.07, 6.45) is 1.85. The lowest BCUT2D eigenvalue weighted by atomic mass is 9.88. The van der Waals surface area contributed by atoms with Crippen molar-refractivity contribution in [3.05, 3.63) is 78.0 Å². The van der Waals surface area contributed by atoms with E-state index in [2.05, 4.69) is 71.8 Å². The fourth-order valence-corrected chi connectivity index (χ4v) is 2.93. The Morgan fingerprint density at radius 2 is 1.71 bits per heavy atom. The molecule has 0 spiro atoms. The molecule has 1 aromatic heterocycles. The van der Waals surface area contributed by atoms with E-state index >= 15 is 0 Å². The number of nitrogens with one attached hydrogen (secondary N) is 1. The fraction of sp³-hybridized carbons (Fsp3) is 0.211. The lowest BCUT2D eigenvalue weighted by Crippen LogP contribution is -2.22. The minimum Gasteiger partial charge on any atom is -0.312 e. The highest BCUT2D eigenvalue weighted by Crippen LogP contribution is 2.31. The summed E-state index contributed by atoms with van der Waals surface area (Å²) in [4.78, 5) is 4.46. The van der Waals surface area contributed by atoms with E-state index in [1.165, 1.54) is 16.5 Å². The van der Waals surface area contributed by atoms with Crippen molar-refractivity contribution in [2.45, 2.75) is 18.9 Å². The van der Waals surface area contributed by atoms with Gasteiger partial charge in [-0.2, -0.15) is 0 Å². The predicted molar refractivity (Wildman–Crippen MR) is 88.4 cm³/mol. The fourth-order valence-electron chi connectivity index (χ4n) is 2.93. The van der Waals surface area contributed by atoms with E-state index in [1.807, 2.05) is 19.3 Å². The quantitative estimate of drug-likeness (QED) is 0.768. The van der Waals surface area contributed by atoms with E-state index in [0.29, 0.717) is 5.92 Å². The first-order valence-corrected chi connectivity index (χ1v) is 7.36. The van der Waals surface area contributed by atoms with Crippen LogP contribution in [0.5, 0.6) is 0 Å². The van der Waals surface area contributed by atoms with E-state index in [-0.39, 0.29) is 6.04 Å². The molecule has 2 atom stereocenters. The molecule has 106 valence electrons. The third-order valence-corrected chi connectivity index (χ3v) is 4.13. The molecular weight excluding hydrogens is 256 g/mol. The third-order valence-electron chi connectivity index (χ3n) is 4.13. The molecule has 0 saturated carbocycles. The normalized spacial score (nSPS) is 14.0. The molecule has 0 aliphatic rings. The van der Waals surface area contributed by atoms with Gasteiger partial charge in [0.15, 0.2) is 0 Å². The van der Waals surface area contributed by atoms with Crippen LogP contribution in [0.3, 0.4) is 0 Å². The zero-order chi connectivity index (χ0) is 14.7. The number of benzene rings is 2. The predicted octanol–water partition coefficient (Wildman–Crippen LogP) is 4.30. The monoisotopic (exact) mass is 276 g/mol. The lowest BCUT2D eigenvalue weighted by Gasteiger charge is -2.24. The van der Waals surface area contributed by atoms with Crippen molar-refractivity contribution in [1.82, 2.24) is 10.3 Å². The van der Waals surface area contributed by atoms with Crippen LogP contribution in [0, 0.1) is 0 Å². The van der Waals surface area contributed by atoms with E-state index in [0.717, 1.165) is 5.52 Å². The number of hydrogen-bond acceptors (Lipinski definition) is 2. The molecule has 0 aliphatic heterocycles. The standard InChI is InChI=1S/C19H20N2/c1-14(15-7-4-3-5-8-15)19(20-2)17-11-10-16-9-6-12-21-18(16)13-17/h3-14,19-20H,1-2H3. The van der Waals surface area contributed by atoms with Gasteiger partial charge in [-0.05, 0) is 30.3 Å². The highest BCUT2D eigenvalue weighted by atomic mass is 14.9. The Balaban J connectivity index is 1.98. The van der Waals surface area contributed by atoms with E-state index in [1.54, 1.807) is 0 Å². The molecule has 2 nitrogen and oxygen atoms in total. The zero-order valence-corrected chi connectivity index (χ0v) is 12.5. The van der Waals surface area contributed by atoms with Gasteiger partial charge in [0.05, 0.1) is 5.52 Å². The molecule has 2 unspecified atom stereocenters. The number of aromatic nitrogens is 1. The van der Waals surface area contributed by atoms with Crippen molar-refractivity contribution in [3.63, 3.8) is 0 Å². The van der Waals surface area contributed by atoms with Crippen LogP contribution in [-0.2, 0) is 0 Å². The summed E-state index contributed by atoms with van der Waals surface area (Å²) in [5.74, 6) is 0.400. The van der Waals surface area contributed by atoms with Gasteiger partial charge in [-0.3, -0.25) is 4.98 Å². The van der Waals surface area contributed by atoms with Crippen molar-refractivity contribution in [2.24, 2.45) is 0 Å². The van der Waals surface area contributed by atoms with Crippen LogP contribution in [0.4, 0.5) is 0 Å². The summed E-state index contributed by atoms with van der Waals surface area (Å²) in [6.45, 7) is 2.26. The highest BCUT2D eigenvalue weighted by molar-refractivity contribution is 5.79. The summed E-state index contributed by atoms with van der Waals surface area (Å²) in [5, 5.41) is 4.64. The first-order chi connectivity index (χ1) is 10.3. The van der Waals surface area contributed by atoms with Crippen molar-refractivity contribution in [2.75, 3.05) is 7.05 Å². The molecule has 1 heterocycles. The lowest BCUT2D eigenvalue weighted by molar-refractivity contribution is 0.508. The number of hydrogen-bond donors (Lipinski definition) is 1. The molecule has 0 aliphatic carbocycles. The summed E-state index contributed by atoms with van der Waals surface area (Å²) < 4.78 is 0. The molecule has 2 aromatic carbocycles. The summed E-state index contributed by atoms with van der Waals surface area (Å²) in [5.41, 5.74) is 3.67. The first-order valence-electron chi connectivity index (χ1n) is 7.36. The maximum Gasteiger partial charge on any atom is 0.0705 e. The molecule has 0 saturated heterocycles. The average Bonchev–Trinajstić information content (AvgIpc) is 2.56. The largest absolute Gasteiger partial charge is 0.312 e. The molecule has 0 bridgehead atoms. The number of likely N-dealkylation sites (N-methyl/N-ethyl adjacent to an activating group) is 1. The first kappa shape index (κ1) is 13.8. The Morgan fingerprint density at radius 3 is 2.48 bits per heavy atom. The average molecular weight is 276 g/mol. The van der Waals surface area contributed by atoms with Crippen molar-refractivity contribution < 1.29 is 0 Å². The Morgan fingerprint density at radius 1 is 0.905 bits per heavy atom. The minimum absolute atomic E-state index is 0.277. The van der Waals surface area contributed by atoms with Gasteiger partial charge in [0.2, 0.25) is 0 Å². The Bertz CT molecular complexity index is 722. The van der Waals surface area contributed by atoms with Crippen molar-refractivity contribution in [3.8, 4) is 0 Å². The van der Waals surface area contributed by atoms with Crippen LogP contribution >= 0.6 is 0 Å². The smallest absolute Gasteiger partial charge is 0.0705 e. The van der Waals surface area contributed by atoms with Gasteiger partial charge in [0.1, 0.15) is 0 Å². The molecule has 0 amide bonds. The molecule has 3 rings (SSSR count). The third kappa shape index (κ3) is 2.81. The molecular formula is C19H20N2. The van der Waals surface area contributed by atoms with Gasteiger partial charge in [0.25, 0.3) is 0 Å². The Kier molecular flexibility index (Phi) is 3.98. The SMILES string of the molecule is CNC(c1ccc2cccnc2c1)C(C)c1ccccc1. The topological polar surface area (TPSA) is 24.9 Å². The van der Waals surface area contributed by atoms with Gasteiger partial charge < -0.3 is 5.32 Å². The maximum atomic E-state index is 4.46. The zero-order valence-electron chi connectivity index (χ0n) is 12.5. The van der Waals surface area contributed by atoms with Gasteiger partial charge in [-0.15, -0.1) is 0 Å². The highest BCUT2D eigenvalue weighted by Gasteiger charge is 2.19. The van der Waals surface area contributed by atoms with Crippen molar-refractivity contribution >= 4 is 10.9 Å². The molecule has 0 fully saturated rings. The van der Waals surface area contributed by atoms with E-state index < -0.39 is 0 Å².